The number of amides is 2. The van der Waals surface area contributed by atoms with Crippen molar-refractivity contribution in [1.82, 2.24) is 5.32 Å². The first kappa shape index (κ1) is 23.1. The van der Waals surface area contributed by atoms with E-state index in [2.05, 4.69) is 20.8 Å². The van der Waals surface area contributed by atoms with E-state index < -0.39 is 5.25 Å². The molecule has 0 aliphatic carbocycles. The van der Waals surface area contributed by atoms with Gasteiger partial charge in [0, 0.05) is 12.1 Å². The molecule has 0 aromatic heterocycles. The van der Waals surface area contributed by atoms with Crippen LogP contribution in [0.1, 0.15) is 23.1 Å². The van der Waals surface area contributed by atoms with Crippen molar-refractivity contribution in [2.24, 2.45) is 10.2 Å². The number of carbonyl (C=O) groups is 2. The number of aromatic hydroxyl groups is 1. The Morgan fingerprint density at radius 2 is 2.06 bits per heavy atom. The minimum Gasteiger partial charge on any atom is -0.504 e. The van der Waals surface area contributed by atoms with Crippen LogP contribution >= 0.6 is 34.4 Å². The number of nitrogens with zero attached hydrogens (tertiary/aromatic N) is 2. The zero-order chi connectivity index (χ0) is 22.5. The molecule has 0 bridgehead atoms. The van der Waals surface area contributed by atoms with Crippen molar-refractivity contribution in [3.63, 3.8) is 0 Å². The summed E-state index contributed by atoms with van der Waals surface area (Å²) in [6, 6.07) is 9.13. The van der Waals surface area contributed by atoms with Gasteiger partial charge in [0.05, 0.1) is 16.9 Å². The summed E-state index contributed by atoms with van der Waals surface area (Å²) in [6.45, 7) is 3.85. The van der Waals surface area contributed by atoms with Gasteiger partial charge in [0.1, 0.15) is 5.25 Å². The van der Waals surface area contributed by atoms with Crippen LogP contribution in [0, 0.1) is 17.4 Å². The lowest BCUT2D eigenvalue weighted by Crippen LogP contribution is -2.28. The number of amidine groups is 1. The lowest BCUT2D eigenvalue weighted by atomic mass is 10.1. The number of thioether (sulfide) groups is 1. The number of anilines is 1. The molecule has 8 nitrogen and oxygen atoms in total. The van der Waals surface area contributed by atoms with E-state index in [4.69, 9.17) is 4.74 Å². The van der Waals surface area contributed by atoms with Gasteiger partial charge in [-0.15, -0.1) is 5.10 Å². The number of ether oxygens (including phenoxy) is 1. The monoisotopic (exact) mass is 552 g/mol. The summed E-state index contributed by atoms with van der Waals surface area (Å²) in [5.41, 5.74) is 3.39. The average Bonchev–Trinajstić information content (AvgIpc) is 3.06. The summed E-state index contributed by atoms with van der Waals surface area (Å²) in [4.78, 5) is 24.7. The number of hydrogen-bond donors (Lipinski definition) is 3. The van der Waals surface area contributed by atoms with Gasteiger partial charge in [-0.25, -0.2) is 0 Å². The Hall–Kier alpha value is -2.60. The standard InChI is InChI=1S/C21H21IN4O4S/c1-11-5-4-6-12(2)18(11)24-17(27)9-16-20(29)25-21(31-16)26-23-10-13-7-14(22)19(28)15(8-13)30-3/h4-8,10,16,28H,9H2,1-3H3,(H,24,27)(H,25,26,29)/b23-10-/t16-/m1/s1. The molecule has 2 amide bonds. The van der Waals surface area contributed by atoms with Crippen LogP contribution in [0.4, 0.5) is 5.69 Å². The van der Waals surface area contributed by atoms with E-state index in [1.807, 2.05) is 54.6 Å². The molecule has 31 heavy (non-hydrogen) atoms. The van der Waals surface area contributed by atoms with Crippen LogP contribution in [0.3, 0.4) is 0 Å². The largest absolute Gasteiger partial charge is 0.504 e. The number of methoxy groups -OCH3 is 1. The second-order valence-electron chi connectivity index (χ2n) is 6.82. The molecule has 2 aromatic rings. The number of aryl methyl sites for hydroxylation is 2. The van der Waals surface area contributed by atoms with Gasteiger partial charge in [-0.3, -0.25) is 9.59 Å². The topological polar surface area (TPSA) is 112 Å². The molecule has 0 unspecified atom stereocenters. The summed E-state index contributed by atoms with van der Waals surface area (Å²) < 4.78 is 5.73. The highest BCUT2D eigenvalue weighted by atomic mass is 127. The fraction of sp³-hybridized carbons (Fsp3) is 0.238. The Kier molecular flexibility index (Phi) is 7.55. The van der Waals surface area contributed by atoms with Gasteiger partial charge in [0.2, 0.25) is 11.8 Å². The second-order valence-corrected chi connectivity index (χ2v) is 9.17. The van der Waals surface area contributed by atoms with Gasteiger partial charge < -0.3 is 20.5 Å². The summed E-state index contributed by atoms with van der Waals surface area (Å²) in [7, 11) is 1.47. The summed E-state index contributed by atoms with van der Waals surface area (Å²) in [5.74, 6) is -0.122. The van der Waals surface area contributed by atoms with Gasteiger partial charge in [-0.05, 0) is 65.3 Å². The van der Waals surface area contributed by atoms with Crippen molar-refractivity contribution in [1.29, 1.82) is 0 Å². The molecule has 10 heteroatoms. The Balaban J connectivity index is 1.62. The van der Waals surface area contributed by atoms with Crippen LogP contribution in [0.2, 0.25) is 0 Å². The van der Waals surface area contributed by atoms with Gasteiger partial charge in [-0.1, -0.05) is 30.0 Å². The summed E-state index contributed by atoms with van der Waals surface area (Å²) in [5, 5.41) is 23.2. The maximum absolute atomic E-state index is 12.4. The highest BCUT2D eigenvalue weighted by Gasteiger charge is 2.32. The lowest BCUT2D eigenvalue weighted by molar-refractivity contribution is -0.122. The van der Waals surface area contributed by atoms with E-state index in [0.29, 0.717) is 20.1 Å². The maximum atomic E-state index is 12.4. The maximum Gasteiger partial charge on any atom is 0.240 e. The van der Waals surface area contributed by atoms with Crippen molar-refractivity contribution in [2.75, 3.05) is 12.4 Å². The predicted octanol–water partition coefficient (Wildman–Crippen LogP) is 3.57. The SMILES string of the molecule is COc1cc(/C=N\N=C2\NC(=O)[C@@H](CC(=O)Nc3c(C)cccc3C)S2)cc(I)c1O. The molecule has 0 spiro atoms. The molecular weight excluding hydrogens is 531 g/mol. The molecule has 0 radical (unpaired) electrons. The van der Waals surface area contributed by atoms with Crippen LogP contribution in [-0.4, -0.2) is 40.7 Å². The van der Waals surface area contributed by atoms with Crippen LogP contribution in [0.15, 0.2) is 40.5 Å². The molecule has 2 aromatic carbocycles. The lowest BCUT2D eigenvalue weighted by Gasteiger charge is -2.12. The normalized spacial score (nSPS) is 17.2. The second kappa shape index (κ2) is 10.1. The number of benzene rings is 2. The molecule has 3 rings (SSSR count). The number of carbonyl (C=O) groups excluding carboxylic acids is 2. The first-order valence-electron chi connectivity index (χ1n) is 9.29. The Bertz CT molecular complexity index is 1070. The number of para-hydroxylation sites is 1. The van der Waals surface area contributed by atoms with Gasteiger partial charge in [-0.2, -0.15) is 5.10 Å². The fourth-order valence-electron chi connectivity index (χ4n) is 2.93. The van der Waals surface area contributed by atoms with Crippen molar-refractivity contribution >= 4 is 63.2 Å². The Morgan fingerprint density at radius 3 is 2.74 bits per heavy atom. The third-order valence-electron chi connectivity index (χ3n) is 4.52. The minimum absolute atomic E-state index is 0.0281. The van der Waals surface area contributed by atoms with E-state index in [1.54, 1.807) is 12.1 Å². The molecule has 1 saturated heterocycles. The van der Waals surface area contributed by atoms with Gasteiger partial charge >= 0.3 is 0 Å². The molecule has 162 valence electrons. The van der Waals surface area contributed by atoms with E-state index >= 15 is 0 Å². The average molecular weight is 552 g/mol. The molecular formula is C21H21IN4O4S. The summed E-state index contributed by atoms with van der Waals surface area (Å²) >= 11 is 3.15. The van der Waals surface area contributed by atoms with E-state index in [1.165, 1.54) is 13.3 Å². The number of rotatable bonds is 6. The first-order chi connectivity index (χ1) is 14.8. The third-order valence-corrected chi connectivity index (χ3v) is 6.41. The number of phenols is 1. The molecule has 1 atom stereocenters. The smallest absolute Gasteiger partial charge is 0.240 e. The highest BCUT2D eigenvalue weighted by molar-refractivity contribution is 14.1. The number of halogens is 1. The molecule has 1 fully saturated rings. The van der Waals surface area contributed by atoms with E-state index in [0.717, 1.165) is 28.6 Å². The van der Waals surface area contributed by atoms with Crippen molar-refractivity contribution < 1.29 is 19.4 Å². The Labute approximate surface area is 197 Å². The van der Waals surface area contributed by atoms with Gasteiger partial charge in [0.15, 0.2) is 16.7 Å². The zero-order valence-electron chi connectivity index (χ0n) is 17.1. The fourth-order valence-corrected chi connectivity index (χ4v) is 4.48. The van der Waals surface area contributed by atoms with E-state index in [9.17, 15) is 14.7 Å². The van der Waals surface area contributed by atoms with Crippen LogP contribution in [0.25, 0.3) is 0 Å². The van der Waals surface area contributed by atoms with Crippen LogP contribution in [0.5, 0.6) is 11.5 Å². The third kappa shape index (κ3) is 5.76. The van der Waals surface area contributed by atoms with Crippen molar-refractivity contribution in [3.8, 4) is 11.5 Å². The van der Waals surface area contributed by atoms with Crippen LogP contribution in [-0.2, 0) is 9.59 Å². The summed E-state index contributed by atoms with van der Waals surface area (Å²) in [6.07, 6.45) is 1.52. The highest BCUT2D eigenvalue weighted by Crippen LogP contribution is 2.32. The Morgan fingerprint density at radius 1 is 1.35 bits per heavy atom. The molecule has 0 saturated carbocycles. The predicted molar refractivity (Wildman–Crippen MR) is 131 cm³/mol. The number of nitrogens with one attached hydrogen (secondary N) is 2. The quantitative estimate of drug-likeness (QED) is 0.288. The number of phenolic OH excluding ortho intramolecular Hbond substituents is 1. The van der Waals surface area contributed by atoms with Crippen molar-refractivity contribution in [3.05, 3.63) is 50.6 Å². The number of hydrogen-bond acceptors (Lipinski definition) is 7. The van der Waals surface area contributed by atoms with E-state index in [-0.39, 0.29) is 24.0 Å². The minimum atomic E-state index is -0.576. The molecule has 3 N–H and O–H groups in total. The molecule has 1 heterocycles. The van der Waals surface area contributed by atoms with Crippen LogP contribution < -0.4 is 15.4 Å². The first-order valence-corrected chi connectivity index (χ1v) is 11.3. The molecule has 1 aliphatic rings. The van der Waals surface area contributed by atoms with Gasteiger partial charge in [0.25, 0.3) is 0 Å². The zero-order valence-corrected chi connectivity index (χ0v) is 20.1. The van der Waals surface area contributed by atoms with Crippen molar-refractivity contribution in [2.45, 2.75) is 25.5 Å². The molecule has 1 aliphatic heterocycles.